The van der Waals surface area contributed by atoms with Gasteiger partial charge in [-0.2, -0.15) is 13.2 Å². The summed E-state index contributed by atoms with van der Waals surface area (Å²) in [5.41, 5.74) is 5.79. The molecule has 1 heterocycles. The van der Waals surface area contributed by atoms with Crippen LogP contribution in [0, 0.1) is 0 Å². The number of hydrogen-bond acceptors (Lipinski definition) is 4. The summed E-state index contributed by atoms with van der Waals surface area (Å²) in [5.74, 6) is 0.600. The van der Waals surface area contributed by atoms with Gasteiger partial charge in [-0.25, -0.2) is 4.98 Å². The molecule has 0 aliphatic heterocycles. The first-order chi connectivity index (χ1) is 9.82. The second-order valence-corrected chi connectivity index (χ2v) is 4.39. The molecule has 2 N–H and O–H groups in total. The molecule has 21 heavy (non-hydrogen) atoms. The molecule has 0 amide bonds. The molecule has 112 valence electrons. The molecule has 1 aromatic heterocycles. The van der Waals surface area contributed by atoms with E-state index in [0.717, 1.165) is 12.3 Å². The lowest BCUT2D eigenvalue weighted by atomic mass is 10.2. The van der Waals surface area contributed by atoms with Crippen LogP contribution < -0.4 is 15.4 Å². The maximum atomic E-state index is 12.7. The summed E-state index contributed by atoms with van der Waals surface area (Å²) in [7, 11) is 3.14. The maximum Gasteiger partial charge on any atom is 0.433 e. The lowest BCUT2D eigenvalue weighted by Crippen LogP contribution is -2.15. The van der Waals surface area contributed by atoms with Crippen molar-refractivity contribution in [1.29, 1.82) is 0 Å². The number of ether oxygens (including phenoxy) is 1. The fourth-order valence-electron chi connectivity index (χ4n) is 1.86. The Labute approximate surface area is 120 Å². The standard InChI is InChI=1S/C14H14F3N3O/c1-20(9-4-3-5-10(6-9)21-2)12-7-13(14(15,16)17)19-8-11(12)18/h3-8H,18H2,1-2H3. The highest BCUT2D eigenvalue weighted by Crippen LogP contribution is 2.35. The Morgan fingerprint density at radius 1 is 1.24 bits per heavy atom. The number of hydrogen-bond donors (Lipinski definition) is 1. The molecule has 0 aliphatic rings. The first-order valence-corrected chi connectivity index (χ1v) is 6.03. The van der Waals surface area contributed by atoms with Crippen LogP contribution >= 0.6 is 0 Å². The van der Waals surface area contributed by atoms with E-state index in [2.05, 4.69) is 4.98 Å². The quantitative estimate of drug-likeness (QED) is 0.942. The number of halogens is 3. The van der Waals surface area contributed by atoms with Crippen LogP contribution in [0.5, 0.6) is 5.75 Å². The molecule has 2 rings (SSSR count). The SMILES string of the molecule is COc1cccc(N(C)c2cc(C(F)(F)F)ncc2N)c1. The molecule has 0 bridgehead atoms. The van der Waals surface area contributed by atoms with Crippen LogP contribution in [0.4, 0.5) is 30.2 Å². The minimum absolute atomic E-state index is 0.160. The topological polar surface area (TPSA) is 51.4 Å². The Balaban J connectivity index is 2.44. The maximum absolute atomic E-state index is 12.7. The number of rotatable bonds is 3. The zero-order valence-corrected chi connectivity index (χ0v) is 11.5. The molecule has 1 aromatic carbocycles. The molecule has 0 fully saturated rings. The lowest BCUT2D eigenvalue weighted by molar-refractivity contribution is -0.141. The molecule has 2 aromatic rings. The second-order valence-electron chi connectivity index (χ2n) is 4.39. The highest BCUT2D eigenvalue weighted by Gasteiger charge is 2.33. The first kappa shape index (κ1) is 15.0. The van der Waals surface area contributed by atoms with Gasteiger partial charge in [0.25, 0.3) is 0 Å². The van der Waals surface area contributed by atoms with Crippen molar-refractivity contribution in [2.24, 2.45) is 0 Å². The predicted molar refractivity (Wildman–Crippen MR) is 74.7 cm³/mol. The van der Waals surface area contributed by atoms with Crippen molar-refractivity contribution in [2.45, 2.75) is 6.18 Å². The number of aromatic nitrogens is 1. The van der Waals surface area contributed by atoms with Gasteiger partial charge in [0.1, 0.15) is 11.4 Å². The molecular weight excluding hydrogens is 283 g/mol. The van der Waals surface area contributed by atoms with E-state index in [-0.39, 0.29) is 11.4 Å². The largest absolute Gasteiger partial charge is 0.497 e. The third kappa shape index (κ3) is 3.18. The Morgan fingerprint density at radius 3 is 2.57 bits per heavy atom. The number of nitrogens with zero attached hydrogens (tertiary/aromatic N) is 2. The van der Waals surface area contributed by atoms with Crippen LogP contribution in [-0.4, -0.2) is 19.1 Å². The smallest absolute Gasteiger partial charge is 0.433 e. The van der Waals surface area contributed by atoms with Gasteiger partial charge in [0.2, 0.25) is 0 Å². The zero-order valence-electron chi connectivity index (χ0n) is 11.5. The number of alkyl halides is 3. The Morgan fingerprint density at radius 2 is 1.95 bits per heavy atom. The summed E-state index contributed by atoms with van der Waals surface area (Å²) >= 11 is 0. The van der Waals surface area contributed by atoms with Gasteiger partial charge in [-0.3, -0.25) is 0 Å². The summed E-state index contributed by atoms with van der Waals surface area (Å²) in [5, 5.41) is 0. The van der Waals surface area contributed by atoms with Crippen molar-refractivity contribution in [1.82, 2.24) is 4.98 Å². The first-order valence-electron chi connectivity index (χ1n) is 6.03. The number of benzene rings is 1. The fraction of sp³-hybridized carbons (Fsp3) is 0.214. The van der Waals surface area contributed by atoms with Crippen LogP contribution in [-0.2, 0) is 6.18 Å². The highest BCUT2D eigenvalue weighted by atomic mass is 19.4. The molecular formula is C14H14F3N3O. The molecule has 0 spiro atoms. The molecule has 0 saturated carbocycles. The summed E-state index contributed by atoms with van der Waals surface area (Å²) in [4.78, 5) is 4.87. The minimum atomic E-state index is -4.52. The van der Waals surface area contributed by atoms with Crippen LogP contribution in [0.15, 0.2) is 36.5 Å². The van der Waals surface area contributed by atoms with E-state index < -0.39 is 11.9 Å². The monoisotopic (exact) mass is 297 g/mol. The van der Waals surface area contributed by atoms with Gasteiger partial charge < -0.3 is 15.4 Å². The Kier molecular flexibility index (Phi) is 3.93. The van der Waals surface area contributed by atoms with E-state index in [1.807, 2.05) is 0 Å². The molecule has 0 atom stereocenters. The molecule has 0 radical (unpaired) electrons. The third-order valence-corrected chi connectivity index (χ3v) is 3.00. The van der Waals surface area contributed by atoms with Gasteiger partial charge >= 0.3 is 6.18 Å². The van der Waals surface area contributed by atoms with Crippen LogP contribution in [0.3, 0.4) is 0 Å². The van der Waals surface area contributed by atoms with Crippen LogP contribution in [0.2, 0.25) is 0 Å². The number of nitrogens with two attached hydrogens (primary N) is 1. The number of methoxy groups -OCH3 is 1. The normalized spacial score (nSPS) is 11.3. The van der Waals surface area contributed by atoms with Crippen molar-refractivity contribution in [3.8, 4) is 5.75 Å². The van der Waals surface area contributed by atoms with Crippen molar-refractivity contribution in [3.05, 3.63) is 42.2 Å². The summed E-state index contributed by atoms with van der Waals surface area (Å²) in [6, 6.07) is 7.86. The third-order valence-electron chi connectivity index (χ3n) is 3.00. The van der Waals surface area contributed by atoms with Crippen molar-refractivity contribution in [2.75, 3.05) is 24.8 Å². The summed E-state index contributed by atoms with van der Waals surface area (Å²) in [6.07, 6.45) is -3.51. The van der Waals surface area contributed by atoms with Crippen LogP contribution in [0.1, 0.15) is 5.69 Å². The highest BCUT2D eigenvalue weighted by molar-refractivity contribution is 5.74. The van der Waals surface area contributed by atoms with Crippen molar-refractivity contribution >= 4 is 17.1 Å². The minimum Gasteiger partial charge on any atom is -0.497 e. The average Bonchev–Trinajstić information content (AvgIpc) is 2.46. The molecule has 7 heteroatoms. The predicted octanol–water partition coefficient (Wildman–Crippen LogP) is 3.46. The summed E-state index contributed by atoms with van der Waals surface area (Å²) < 4.78 is 43.3. The van der Waals surface area contributed by atoms with Crippen LogP contribution in [0.25, 0.3) is 0 Å². The van der Waals surface area contributed by atoms with E-state index in [1.165, 1.54) is 7.11 Å². The number of pyridine rings is 1. The molecule has 0 saturated heterocycles. The van der Waals surface area contributed by atoms with E-state index in [9.17, 15) is 13.2 Å². The number of nitrogen functional groups attached to an aromatic ring is 1. The lowest BCUT2D eigenvalue weighted by Gasteiger charge is -2.22. The van der Waals surface area contributed by atoms with Gasteiger partial charge in [0.05, 0.1) is 24.7 Å². The van der Waals surface area contributed by atoms with Gasteiger partial charge in [0, 0.05) is 18.8 Å². The van der Waals surface area contributed by atoms with E-state index in [1.54, 1.807) is 36.2 Å². The van der Waals surface area contributed by atoms with E-state index in [0.29, 0.717) is 11.4 Å². The Hall–Kier alpha value is -2.44. The van der Waals surface area contributed by atoms with Crippen molar-refractivity contribution in [3.63, 3.8) is 0 Å². The van der Waals surface area contributed by atoms with Gasteiger partial charge in [-0.05, 0) is 18.2 Å². The fourth-order valence-corrected chi connectivity index (χ4v) is 1.86. The molecule has 0 unspecified atom stereocenters. The molecule has 0 aliphatic carbocycles. The number of anilines is 3. The second kappa shape index (κ2) is 5.51. The van der Waals surface area contributed by atoms with Gasteiger partial charge in [-0.15, -0.1) is 0 Å². The zero-order chi connectivity index (χ0) is 15.6. The summed E-state index contributed by atoms with van der Waals surface area (Å²) in [6.45, 7) is 0. The van der Waals surface area contributed by atoms with Gasteiger partial charge in [0.15, 0.2) is 0 Å². The van der Waals surface area contributed by atoms with Gasteiger partial charge in [-0.1, -0.05) is 6.07 Å². The van der Waals surface area contributed by atoms with Crippen molar-refractivity contribution < 1.29 is 17.9 Å². The van der Waals surface area contributed by atoms with E-state index >= 15 is 0 Å². The Bertz CT molecular complexity index is 644. The average molecular weight is 297 g/mol. The molecule has 4 nitrogen and oxygen atoms in total. The van der Waals surface area contributed by atoms with E-state index in [4.69, 9.17) is 10.5 Å².